The maximum atomic E-state index is 12.7. The Morgan fingerprint density at radius 3 is 2.11 bits per heavy atom. The second-order valence-electron chi connectivity index (χ2n) is 6.51. The second-order valence-corrected chi connectivity index (χ2v) is 6.51. The Kier molecular flexibility index (Phi) is 8.73. The minimum absolute atomic E-state index is 0. The number of benzene rings is 3. The fraction of sp³-hybridized carbons (Fsp3) is 0.208. The second kappa shape index (κ2) is 11.3. The van der Waals surface area contributed by atoms with E-state index >= 15 is 0 Å². The van der Waals surface area contributed by atoms with Crippen LogP contribution in [0.25, 0.3) is 0 Å². The topological polar surface area (TPSA) is 38.3 Å². The third-order valence-corrected chi connectivity index (χ3v) is 4.65. The monoisotopic (exact) mass is 395 g/mol. The van der Waals surface area contributed by atoms with Gasteiger partial charge in [-0.3, -0.25) is 4.79 Å². The number of ether oxygens (including phenoxy) is 1. The fourth-order valence-electron chi connectivity index (χ4n) is 3.11. The van der Waals surface area contributed by atoms with Gasteiger partial charge in [-0.25, -0.2) is 0 Å². The highest BCUT2D eigenvalue weighted by atomic mass is 35.5. The van der Waals surface area contributed by atoms with Crippen molar-refractivity contribution in [3.8, 4) is 5.75 Å². The van der Waals surface area contributed by atoms with Crippen LogP contribution >= 0.6 is 12.4 Å². The molecule has 0 radical (unpaired) electrons. The molecule has 0 saturated carbocycles. The van der Waals surface area contributed by atoms with Gasteiger partial charge in [0.25, 0.3) is 0 Å². The van der Waals surface area contributed by atoms with Crippen LogP contribution in [0.1, 0.15) is 33.9 Å². The van der Waals surface area contributed by atoms with E-state index in [1.165, 1.54) is 5.56 Å². The van der Waals surface area contributed by atoms with Crippen LogP contribution in [-0.4, -0.2) is 19.4 Å². The summed E-state index contributed by atoms with van der Waals surface area (Å²) in [6.07, 6.45) is 1.35. The summed E-state index contributed by atoms with van der Waals surface area (Å²) in [6, 6.07) is 27.7. The average molecular weight is 396 g/mol. The molecular weight excluding hydrogens is 370 g/mol. The lowest BCUT2D eigenvalue weighted by molar-refractivity contribution is 0.0968. The third-order valence-electron chi connectivity index (χ3n) is 4.65. The van der Waals surface area contributed by atoms with Gasteiger partial charge in [0.05, 0.1) is 7.11 Å². The molecule has 0 aromatic heterocycles. The van der Waals surface area contributed by atoms with Gasteiger partial charge in [-0.1, -0.05) is 72.8 Å². The number of rotatable bonds is 9. The molecule has 1 unspecified atom stereocenters. The number of hydrogen-bond donors (Lipinski definition) is 1. The predicted octanol–water partition coefficient (Wildman–Crippen LogP) is 5.26. The zero-order valence-corrected chi connectivity index (χ0v) is 16.8. The van der Waals surface area contributed by atoms with Gasteiger partial charge in [0.1, 0.15) is 5.75 Å². The predicted molar refractivity (Wildman–Crippen MR) is 117 cm³/mol. The van der Waals surface area contributed by atoms with Crippen LogP contribution in [0.15, 0.2) is 84.9 Å². The summed E-state index contributed by atoms with van der Waals surface area (Å²) in [7, 11) is 1.66. The molecule has 0 fully saturated rings. The average Bonchev–Trinajstić information content (AvgIpc) is 2.74. The van der Waals surface area contributed by atoms with E-state index in [1.807, 2.05) is 60.7 Å². The normalized spacial score (nSPS) is 11.3. The van der Waals surface area contributed by atoms with Crippen LogP contribution in [0.4, 0.5) is 0 Å². The summed E-state index contributed by atoms with van der Waals surface area (Å²) in [6.45, 7) is 0.808. The molecule has 0 saturated heterocycles. The highest BCUT2D eigenvalue weighted by Crippen LogP contribution is 2.22. The molecule has 146 valence electrons. The van der Waals surface area contributed by atoms with E-state index in [2.05, 4.69) is 29.6 Å². The standard InChI is InChI=1S/C24H25NO2.ClH/c1-27-22-14-12-20(13-15-22)23(18-24(26)21-10-6-3-7-11-21)25-17-16-19-8-4-2-5-9-19;/h2-15,23,25H,16-18H2,1H3;1H. The van der Waals surface area contributed by atoms with Gasteiger partial charge in [0.15, 0.2) is 5.78 Å². The lowest BCUT2D eigenvalue weighted by Gasteiger charge is -2.19. The highest BCUT2D eigenvalue weighted by Gasteiger charge is 2.17. The Balaban J connectivity index is 0.00000280. The summed E-state index contributed by atoms with van der Waals surface area (Å²) >= 11 is 0. The Labute approximate surface area is 173 Å². The molecule has 3 aromatic carbocycles. The summed E-state index contributed by atoms with van der Waals surface area (Å²) < 4.78 is 5.25. The zero-order valence-electron chi connectivity index (χ0n) is 16.0. The van der Waals surface area contributed by atoms with Crippen LogP contribution in [-0.2, 0) is 6.42 Å². The number of carbonyl (C=O) groups is 1. The van der Waals surface area contributed by atoms with E-state index in [1.54, 1.807) is 7.11 Å². The van der Waals surface area contributed by atoms with Crippen LogP contribution in [0.3, 0.4) is 0 Å². The van der Waals surface area contributed by atoms with E-state index in [-0.39, 0.29) is 24.2 Å². The quantitative estimate of drug-likeness (QED) is 0.502. The first-order valence-electron chi connectivity index (χ1n) is 9.26. The molecule has 3 aromatic rings. The molecule has 0 amide bonds. The SMILES string of the molecule is COc1ccc(C(CC(=O)c2ccccc2)NCCc2ccccc2)cc1.Cl. The molecule has 0 heterocycles. The highest BCUT2D eigenvalue weighted by molar-refractivity contribution is 5.96. The molecule has 1 N–H and O–H groups in total. The first-order valence-corrected chi connectivity index (χ1v) is 9.26. The summed E-state index contributed by atoms with van der Waals surface area (Å²) in [5.74, 6) is 0.958. The van der Waals surface area contributed by atoms with Crippen molar-refractivity contribution in [1.29, 1.82) is 0 Å². The molecule has 0 spiro atoms. The Hall–Kier alpha value is -2.62. The minimum Gasteiger partial charge on any atom is -0.497 e. The number of halogens is 1. The van der Waals surface area contributed by atoms with Gasteiger partial charge in [-0.2, -0.15) is 0 Å². The Bertz CT molecular complexity index is 835. The van der Waals surface area contributed by atoms with E-state index in [0.717, 1.165) is 29.8 Å². The van der Waals surface area contributed by atoms with E-state index in [4.69, 9.17) is 4.74 Å². The number of hydrogen-bond acceptors (Lipinski definition) is 3. The first-order chi connectivity index (χ1) is 13.3. The smallest absolute Gasteiger partial charge is 0.164 e. The van der Waals surface area contributed by atoms with Crippen molar-refractivity contribution >= 4 is 18.2 Å². The van der Waals surface area contributed by atoms with Gasteiger partial charge in [-0.05, 0) is 36.2 Å². The number of carbonyl (C=O) groups excluding carboxylic acids is 1. The van der Waals surface area contributed by atoms with E-state index in [0.29, 0.717) is 6.42 Å². The number of ketones is 1. The van der Waals surface area contributed by atoms with Crippen molar-refractivity contribution in [3.63, 3.8) is 0 Å². The van der Waals surface area contributed by atoms with E-state index in [9.17, 15) is 4.79 Å². The summed E-state index contributed by atoms with van der Waals surface area (Å²) in [5.41, 5.74) is 3.13. The molecule has 28 heavy (non-hydrogen) atoms. The zero-order chi connectivity index (χ0) is 18.9. The van der Waals surface area contributed by atoms with Crippen molar-refractivity contribution in [1.82, 2.24) is 5.32 Å². The fourth-order valence-corrected chi connectivity index (χ4v) is 3.11. The van der Waals surface area contributed by atoms with Gasteiger partial charge >= 0.3 is 0 Å². The lowest BCUT2D eigenvalue weighted by atomic mass is 9.97. The van der Waals surface area contributed by atoms with Crippen molar-refractivity contribution in [2.75, 3.05) is 13.7 Å². The van der Waals surface area contributed by atoms with Crippen LogP contribution in [0, 0.1) is 0 Å². The molecule has 4 heteroatoms. The van der Waals surface area contributed by atoms with Gasteiger partial charge in [0, 0.05) is 18.0 Å². The van der Waals surface area contributed by atoms with Crippen molar-refractivity contribution in [2.24, 2.45) is 0 Å². The maximum Gasteiger partial charge on any atom is 0.164 e. The molecule has 3 nitrogen and oxygen atoms in total. The molecule has 0 bridgehead atoms. The van der Waals surface area contributed by atoms with Crippen molar-refractivity contribution in [3.05, 3.63) is 102 Å². The number of nitrogens with one attached hydrogen (secondary N) is 1. The van der Waals surface area contributed by atoms with Crippen molar-refractivity contribution in [2.45, 2.75) is 18.9 Å². The third kappa shape index (κ3) is 6.22. The van der Waals surface area contributed by atoms with Crippen LogP contribution < -0.4 is 10.1 Å². The van der Waals surface area contributed by atoms with E-state index < -0.39 is 0 Å². The molecule has 0 aliphatic carbocycles. The van der Waals surface area contributed by atoms with Gasteiger partial charge in [-0.15, -0.1) is 12.4 Å². The Morgan fingerprint density at radius 1 is 0.893 bits per heavy atom. The lowest BCUT2D eigenvalue weighted by Crippen LogP contribution is -2.26. The largest absolute Gasteiger partial charge is 0.497 e. The first kappa shape index (κ1) is 21.7. The van der Waals surface area contributed by atoms with Crippen molar-refractivity contribution < 1.29 is 9.53 Å². The molecule has 3 rings (SSSR count). The summed E-state index contributed by atoms with van der Waals surface area (Å²) in [5, 5.41) is 3.56. The Morgan fingerprint density at radius 2 is 1.50 bits per heavy atom. The van der Waals surface area contributed by atoms with Gasteiger partial charge < -0.3 is 10.1 Å². The minimum atomic E-state index is -0.0349. The van der Waals surface area contributed by atoms with Gasteiger partial charge in [0.2, 0.25) is 0 Å². The molecule has 0 aliphatic rings. The summed E-state index contributed by atoms with van der Waals surface area (Å²) in [4.78, 5) is 12.7. The molecular formula is C24H26ClNO2. The number of Topliss-reactive ketones (excluding diaryl/α,β-unsaturated/α-hetero) is 1. The van der Waals surface area contributed by atoms with Crippen LogP contribution in [0.2, 0.25) is 0 Å². The van der Waals surface area contributed by atoms with Crippen LogP contribution in [0.5, 0.6) is 5.75 Å². The molecule has 0 aliphatic heterocycles. The molecule has 1 atom stereocenters. The number of methoxy groups -OCH3 is 1. The maximum absolute atomic E-state index is 12.7.